The highest BCUT2D eigenvalue weighted by Gasteiger charge is 2.45. The average molecular weight is 285 g/mol. The van der Waals surface area contributed by atoms with E-state index in [2.05, 4.69) is 0 Å². The fourth-order valence-electron chi connectivity index (χ4n) is 2.18. The van der Waals surface area contributed by atoms with E-state index in [0.29, 0.717) is 11.4 Å². The lowest BCUT2D eigenvalue weighted by molar-refractivity contribution is -0.168. The molecule has 1 aliphatic rings. The third-order valence-corrected chi connectivity index (χ3v) is 3.36. The van der Waals surface area contributed by atoms with E-state index in [0.717, 1.165) is 5.56 Å². The molecule has 1 aromatic carbocycles. The Morgan fingerprint density at radius 2 is 2.05 bits per heavy atom. The number of carbonyl (C=O) groups excluding carboxylic acids is 1. The Morgan fingerprint density at radius 1 is 1.37 bits per heavy atom. The van der Waals surface area contributed by atoms with Gasteiger partial charge in [-0.05, 0) is 25.5 Å². The Labute approximate surface area is 117 Å². The Balaban J connectivity index is 2.18. The topological polar surface area (TPSA) is 44.8 Å². The van der Waals surface area contributed by atoms with E-state index < -0.39 is 24.0 Å². The number of halogens is 1. The molecule has 1 heterocycles. The summed E-state index contributed by atoms with van der Waals surface area (Å²) >= 11 is 6.12. The minimum Gasteiger partial charge on any atom is -0.467 e. The van der Waals surface area contributed by atoms with Gasteiger partial charge in [0.1, 0.15) is 6.10 Å². The number of hydrogen-bond acceptors (Lipinski definition) is 4. The van der Waals surface area contributed by atoms with Crippen LogP contribution in [0.2, 0.25) is 5.02 Å². The summed E-state index contributed by atoms with van der Waals surface area (Å²) in [5, 5.41) is 0.652. The zero-order valence-electron chi connectivity index (χ0n) is 11.2. The lowest BCUT2D eigenvalue weighted by Gasteiger charge is -2.17. The molecule has 0 radical (unpaired) electrons. The molecule has 1 aliphatic heterocycles. The van der Waals surface area contributed by atoms with Gasteiger partial charge < -0.3 is 14.2 Å². The van der Waals surface area contributed by atoms with E-state index in [9.17, 15) is 4.79 Å². The second kappa shape index (κ2) is 5.49. The Hall–Kier alpha value is -1.10. The van der Waals surface area contributed by atoms with Crippen molar-refractivity contribution in [2.75, 3.05) is 7.11 Å². The molecule has 0 aromatic heterocycles. The van der Waals surface area contributed by atoms with E-state index in [1.54, 1.807) is 13.8 Å². The lowest BCUT2D eigenvalue weighted by Crippen LogP contribution is -2.34. The fraction of sp³-hybridized carbons (Fsp3) is 0.500. The highest BCUT2D eigenvalue weighted by Crippen LogP contribution is 2.32. The first-order valence-electron chi connectivity index (χ1n) is 6.10. The van der Waals surface area contributed by atoms with Gasteiger partial charge in [0.2, 0.25) is 0 Å². The molecule has 0 unspecified atom stereocenters. The number of rotatable bonds is 3. The van der Waals surface area contributed by atoms with Crippen LogP contribution >= 0.6 is 11.6 Å². The van der Waals surface area contributed by atoms with Gasteiger partial charge in [-0.3, -0.25) is 0 Å². The summed E-state index contributed by atoms with van der Waals surface area (Å²) in [6.45, 7) is 3.55. The van der Waals surface area contributed by atoms with E-state index in [-0.39, 0.29) is 0 Å². The van der Waals surface area contributed by atoms with Crippen LogP contribution in [-0.2, 0) is 25.4 Å². The Bertz CT molecular complexity index is 472. The van der Waals surface area contributed by atoms with Gasteiger partial charge in [-0.25, -0.2) is 4.79 Å². The molecule has 2 atom stereocenters. The van der Waals surface area contributed by atoms with Crippen molar-refractivity contribution in [2.45, 2.75) is 38.3 Å². The van der Waals surface area contributed by atoms with Gasteiger partial charge in [-0.1, -0.05) is 29.8 Å². The molecule has 0 aliphatic carbocycles. The van der Waals surface area contributed by atoms with Gasteiger partial charge in [0.05, 0.1) is 7.11 Å². The molecule has 0 bridgehead atoms. The van der Waals surface area contributed by atoms with Crippen molar-refractivity contribution in [3.8, 4) is 0 Å². The number of hydrogen-bond donors (Lipinski definition) is 0. The molecule has 0 spiro atoms. The SMILES string of the molecule is COC(=O)[C@H]1OC(C)(C)O[C@H]1Cc1ccccc1Cl. The molecule has 0 amide bonds. The number of esters is 1. The Kier molecular flexibility index (Phi) is 4.13. The molecule has 104 valence electrons. The maximum absolute atomic E-state index is 11.7. The third-order valence-electron chi connectivity index (χ3n) is 3.00. The van der Waals surface area contributed by atoms with Crippen LogP contribution in [0.15, 0.2) is 24.3 Å². The minimum absolute atomic E-state index is 0.401. The highest BCUT2D eigenvalue weighted by molar-refractivity contribution is 6.31. The van der Waals surface area contributed by atoms with Crippen molar-refractivity contribution in [1.29, 1.82) is 0 Å². The standard InChI is InChI=1S/C14H17ClO4/c1-14(2)18-11(12(19-14)13(16)17-3)8-9-6-4-5-7-10(9)15/h4-7,11-12H,8H2,1-3H3/t11-,12-/m0/s1. The molecule has 19 heavy (non-hydrogen) atoms. The highest BCUT2D eigenvalue weighted by atomic mass is 35.5. The summed E-state index contributed by atoms with van der Waals surface area (Å²) in [5.41, 5.74) is 0.921. The van der Waals surface area contributed by atoms with Crippen molar-refractivity contribution in [3.05, 3.63) is 34.9 Å². The van der Waals surface area contributed by atoms with Crippen molar-refractivity contribution < 1.29 is 19.0 Å². The van der Waals surface area contributed by atoms with Crippen molar-refractivity contribution in [1.82, 2.24) is 0 Å². The first kappa shape index (κ1) is 14.3. The van der Waals surface area contributed by atoms with Crippen molar-refractivity contribution >= 4 is 17.6 Å². The first-order valence-corrected chi connectivity index (χ1v) is 6.47. The molecule has 1 fully saturated rings. The monoisotopic (exact) mass is 284 g/mol. The van der Waals surface area contributed by atoms with E-state index in [1.165, 1.54) is 7.11 Å². The summed E-state index contributed by atoms with van der Waals surface area (Å²) in [6, 6.07) is 7.48. The van der Waals surface area contributed by atoms with Crippen LogP contribution < -0.4 is 0 Å². The van der Waals surface area contributed by atoms with Crippen LogP contribution in [0.1, 0.15) is 19.4 Å². The van der Waals surface area contributed by atoms with Crippen LogP contribution in [0, 0.1) is 0 Å². The maximum atomic E-state index is 11.7. The molecule has 1 aromatic rings. The van der Waals surface area contributed by atoms with Gasteiger partial charge in [0.25, 0.3) is 0 Å². The smallest absolute Gasteiger partial charge is 0.337 e. The van der Waals surface area contributed by atoms with E-state index >= 15 is 0 Å². The van der Waals surface area contributed by atoms with Crippen LogP contribution in [0.5, 0.6) is 0 Å². The van der Waals surface area contributed by atoms with Crippen molar-refractivity contribution in [3.63, 3.8) is 0 Å². The second-order valence-corrected chi connectivity index (χ2v) is 5.32. The summed E-state index contributed by atoms with van der Waals surface area (Å²) < 4.78 is 16.1. The molecular weight excluding hydrogens is 268 g/mol. The third kappa shape index (κ3) is 3.26. The van der Waals surface area contributed by atoms with Crippen LogP contribution in [0.4, 0.5) is 0 Å². The van der Waals surface area contributed by atoms with Crippen LogP contribution in [0.25, 0.3) is 0 Å². The molecule has 5 heteroatoms. The molecular formula is C14H17ClO4. The van der Waals surface area contributed by atoms with Gasteiger partial charge in [0, 0.05) is 11.4 Å². The first-order chi connectivity index (χ1) is 8.93. The lowest BCUT2D eigenvalue weighted by atomic mass is 10.0. The fourth-order valence-corrected chi connectivity index (χ4v) is 2.39. The van der Waals surface area contributed by atoms with Crippen LogP contribution in [0.3, 0.4) is 0 Å². The summed E-state index contributed by atoms with van der Waals surface area (Å²) in [4.78, 5) is 11.7. The quantitative estimate of drug-likeness (QED) is 0.800. The molecule has 4 nitrogen and oxygen atoms in total. The Morgan fingerprint density at radius 3 is 2.68 bits per heavy atom. The minimum atomic E-state index is -0.801. The molecule has 0 saturated carbocycles. The van der Waals surface area contributed by atoms with Crippen molar-refractivity contribution in [2.24, 2.45) is 0 Å². The van der Waals surface area contributed by atoms with E-state index in [1.807, 2.05) is 24.3 Å². The number of methoxy groups -OCH3 is 1. The summed E-state index contributed by atoms with van der Waals surface area (Å²) in [6.07, 6.45) is -0.623. The largest absolute Gasteiger partial charge is 0.467 e. The number of ether oxygens (including phenoxy) is 3. The summed E-state index contributed by atoms with van der Waals surface area (Å²) in [7, 11) is 1.34. The van der Waals surface area contributed by atoms with Gasteiger partial charge in [0.15, 0.2) is 11.9 Å². The predicted octanol–water partition coefficient (Wildman–Crippen LogP) is 2.58. The zero-order chi connectivity index (χ0) is 14.0. The zero-order valence-corrected chi connectivity index (χ0v) is 11.9. The molecule has 2 rings (SSSR count). The average Bonchev–Trinajstić information content (AvgIpc) is 2.66. The second-order valence-electron chi connectivity index (χ2n) is 4.91. The normalized spacial score (nSPS) is 25.3. The van der Waals surface area contributed by atoms with Gasteiger partial charge in [-0.15, -0.1) is 0 Å². The van der Waals surface area contributed by atoms with Crippen LogP contribution in [-0.4, -0.2) is 31.1 Å². The maximum Gasteiger partial charge on any atom is 0.337 e. The van der Waals surface area contributed by atoms with Gasteiger partial charge >= 0.3 is 5.97 Å². The number of carbonyl (C=O) groups is 1. The summed E-state index contributed by atoms with van der Waals surface area (Å²) in [5.74, 6) is -1.23. The number of benzene rings is 1. The molecule has 0 N–H and O–H groups in total. The predicted molar refractivity (Wildman–Crippen MR) is 71.0 cm³/mol. The van der Waals surface area contributed by atoms with E-state index in [4.69, 9.17) is 25.8 Å². The van der Waals surface area contributed by atoms with Gasteiger partial charge in [-0.2, -0.15) is 0 Å². The molecule has 1 saturated heterocycles.